The summed E-state index contributed by atoms with van der Waals surface area (Å²) >= 11 is 0. The number of amides is 1. The quantitative estimate of drug-likeness (QED) is 0.840. The van der Waals surface area contributed by atoms with Crippen LogP contribution >= 0.6 is 0 Å². The number of hydrogen-bond acceptors (Lipinski definition) is 4. The van der Waals surface area contributed by atoms with E-state index in [0.29, 0.717) is 19.0 Å². The van der Waals surface area contributed by atoms with E-state index in [-0.39, 0.29) is 6.09 Å². The molecule has 1 aliphatic heterocycles. The summed E-state index contributed by atoms with van der Waals surface area (Å²) in [5.41, 5.74) is 1.59. The molecule has 6 heteroatoms. The third-order valence-corrected chi connectivity index (χ3v) is 4.25. The van der Waals surface area contributed by atoms with E-state index in [0.717, 1.165) is 24.3 Å². The monoisotopic (exact) mass is 331 g/mol. The first-order valence-corrected chi connectivity index (χ1v) is 8.39. The Morgan fingerprint density at radius 2 is 2.04 bits per heavy atom. The van der Waals surface area contributed by atoms with Crippen LogP contribution in [0, 0.1) is 0 Å². The lowest BCUT2D eigenvalue weighted by molar-refractivity contribution is 0.0203. The maximum Gasteiger partial charge on any atom is 0.410 e. The van der Waals surface area contributed by atoms with Gasteiger partial charge in [0.1, 0.15) is 11.3 Å². The van der Waals surface area contributed by atoms with Crippen molar-refractivity contribution in [2.45, 2.75) is 45.1 Å². The standard InChI is InChI=1S/C18H25N3O3/c1-18(2,3)24-17(22)21-9-7-13(8-10-21)15-12-14(19-20(15)4)16-6-5-11-23-16/h5-6,11-13H,7-10H2,1-4H3. The fourth-order valence-corrected chi connectivity index (χ4v) is 3.09. The predicted molar refractivity (Wildman–Crippen MR) is 90.7 cm³/mol. The van der Waals surface area contributed by atoms with Gasteiger partial charge in [0.05, 0.1) is 6.26 Å². The number of ether oxygens (including phenoxy) is 1. The molecular formula is C18H25N3O3. The number of aryl methyl sites for hydroxylation is 1. The summed E-state index contributed by atoms with van der Waals surface area (Å²) < 4.78 is 12.8. The third kappa shape index (κ3) is 3.63. The van der Waals surface area contributed by atoms with E-state index in [1.165, 1.54) is 5.69 Å². The number of piperidine rings is 1. The number of aromatic nitrogens is 2. The third-order valence-electron chi connectivity index (χ3n) is 4.25. The molecule has 0 atom stereocenters. The van der Waals surface area contributed by atoms with Crippen LogP contribution in [0.4, 0.5) is 4.79 Å². The zero-order valence-electron chi connectivity index (χ0n) is 14.8. The highest BCUT2D eigenvalue weighted by atomic mass is 16.6. The Balaban J connectivity index is 1.64. The van der Waals surface area contributed by atoms with Crippen LogP contribution in [0.2, 0.25) is 0 Å². The largest absolute Gasteiger partial charge is 0.463 e. The Hall–Kier alpha value is -2.24. The highest BCUT2D eigenvalue weighted by Gasteiger charge is 2.29. The molecule has 0 radical (unpaired) electrons. The molecule has 1 saturated heterocycles. The molecule has 3 rings (SSSR count). The summed E-state index contributed by atoms with van der Waals surface area (Å²) in [7, 11) is 1.96. The zero-order chi connectivity index (χ0) is 17.3. The van der Waals surface area contributed by atoms with Crippen LogP contribution in [-0.4, -0.2) is 39.5 Å². The van der Waals surface area contributed by atoms with Crippen molar-refractivity contribution in [2.24, 2.45) is 7.05 Å². The second-order valence-electron chi connectivity index (χ2n) is 7.30. The molecule has 2 aromatic heterocycles. The van der Waals surface area contributed by atoms with Crippen molar-refractivity contribution in [3.05, 3.63) is 30.2 Å². The van der Waals surface area contributed by atoms with E-state index >= 15 is 0 Å². The predicted octanol–water partition coefficient (Wildman–Crippen LogP) is 3.79. The Kier molecular flexibility index (Phi) is 4.39. The van der Waals surface area contributed by atoms with Crippen LogP contribution in [0.3, 0.4) is 0 Å². The van der Waals surface area contributed by atoms with E-state index in [1.54, 1.807) is 11.2 Å². The van der Waals surface area contributed by atoms with Gasteiger partial charge >= 0.3 is 6.09 Å². The summed E-state index contributed by atoms with van der Waals surface area (Å²) in [5, 5.41) is 4.55. The molecule has 3 heterocycles. The molecule has 1 aliphatic rings. The highest BCUT2D eigenvalue weighted by Crippen LogP contribution is 2.31. The maximum absolute atomic E-state index is 12.2. The molecule has 2 aromatic rings. The van der Waals surface area contributed by atoms with Gasteiger partial charge in [0.25, 0.3) is 0 Å². The molecule has 24 heavy (non-hydrogen) atoms. The number of furan rings is 1. The molecule has 0 aromatic carbocycles. The summed E-state index contributed by atoms with van der Waals surface area (Å²) in [4.78, 5) is 14.0. The van der Waals surface area contributed by atoms with Gasteiger partial charge in [-0.2, -0.15) is 5.10 Å². The van der Waals surface area contributed by atoms with Crippen LogP contribution in [-0.2, 0) is 11.8 Å². The Labute approximate surface area is 142 Å². The number of likely N-dealkylation sites (tertiary alicyclic amines) is 1. The second-order valence-corrected chi connectivity index (χ2v) is 7.30. The number of hydrogen-bond donors (Lipinski definition) is 0. The first-order valence-electron chi connectivity index (χ1n) is 8.39. The van der Waals surface area contributed by atoms with Crippen LogP contribution < -0.4 is 0 Å². The van der Waals surface area contributed by atoms with E-state index < -0.39 is 5.60 Å². The molecule has 0 spiro atoms. The van der Waals surface area contributed by atoms with Crippen LogP contribution in [0.25, 0.3) is 11.5 Å². The Morgan fingerprint density at radius 3 is 2.62 bits per heavy atom. The fourth-order valence-electron chi connectivity index (χ4n) is 3.09. The highest BCUT2D eigenvalue weighted by molar-refractivity contribution is 5.68. The van der Waals surface area contributed by atoms with Gasteiger partial charge in [-0.1, -0.05) is 0 Å². The van der Waals surface area contributed by atoms with E-state index in [9.17, 15) is 4.79 Å². The topological polar surface area (TPSA) is 60.5 Å². The first-order chi connectivity index (χ1) is 11.3. The van der Waals surface area contributed by atoms with Crippen molar-refractivity contribution in [3.8, 4) is 11.5 Å². The van der Waals surface area contributed by atoms with Gasteiger partial charge < -0.3 is 14.1 Å². The minimum atomic E-state index is -0.450. The van der Waals surface area contributed by atoms with Crippen LogP contribution in [0.5, 0.6) is 0 Å². The van der Waals surface area contributed by atoms with Crippen molar-refractivity contribution in [2.75, 3.05) is 13.1 Å². The minimum absolute atomic E-state index is 0.220. The number of carbonyl (C=O) groups excluding carboxylic acids is 1. The van der Waals surface area contributed by atoms with Gasteiger partial charge in [-0.3, -0.25) is 4.68 Å². The molecule has 6 nitrogen and oxygen atoms in total. The zero-order valence-corrected chi connectivity index (χ0v) is 14.8. The summed E-state index contributed by atoms with van der Waals surface area (Å²) in [6, 6.07) is 5.87. The lowest BCUT2D eigenvalue weighted by Crippen LogP contribution is -2.41. The maximum atomic E-state index is 12.2. The fraction of sp³-hybridized carbons (Fsp3) is 0.556. The van der Waals surface area contributed by atoms with Crippen LogP contribution in [0.15, 0.2) is 28.9 Å². The molecule has 1 amide bonds. The second kappa shape index (κ2) is 6.34. The number of rotatable bonds is 2. The van der Waals surface area contributed by atoms with Gasteiger partial charge in [0, 0.05) is 31.7 Å². The Bertz CT molecular complexity index is 690. The average Bonchev–Trinajstić information content (AvgIpc) is 3.15. The van der Waals surface area contributed by atoms with Crippen molar-refractivity contribution >= 4 is 6.09 Å². The van der Waals surface area contributed by atoms with Crippen LogP contribution in [0.1, 0.15) is 45.2 Å². The van der Waals surface area contributed by atoms with E-state index in [2.05, 4.69) is 11.2 Å². The van der Waals surface area contributed by atoms with E-state index in [4.69, 9.17) is 9.15 Å². The SMILES string of the molecule is Cn1nc(-c2ccco2)cc1C1CCN(C(=O)OC(C)(C)C)CC1. The number of carbonyl (C=O) groups is 1. The van der Waals surface area contributed by atoms with Crippen molar-refractivity contribution in [1.82, 2.24) is 14.7 Å². The Morgan fingerprint density at radius 1 is 1.33 bits per heavy atom. The normalized spacial score (nSPS) is 16.4. The number of nitrogens with zero attached hydrogens (tertiary/aromatic N) is 3. The smallest absolute Gasteiger partial charge is 0.410 e. The minimum Gasteiger partial charge on any atom is -0.463 e. The summed E-state index contributed by atoms with van der Waals surface area (Å²) in [6.45, 7) is 7.10. The van der Waals surface area contributed by atoms with Crippen molar-refractivity contribution < 1.29 is 13.9 Å². The van der Waals surface area contributed by atoms with Gasteiger partial charge in [-0.15, -0.1) is 0 Å². The van der Waals surface area contributed by atoms with Gasteiger partial charge in [0.2, 0.25) is 0 Å². The average molecular weight is 331 g/mol. The van der Waals surface area contributed by atoms with E-state index in [1.807, 2.05) is 44.6 Å². The van der Waals surface area contributed by atoms with Crippen molar-refractivity contribution in [3.63, 3.8) is 0 Å². The molecule has 0 unspecified atom stereocenters. The lowest BCUT2D eigenvalue weighted by atomic mass is 9.93. The molecular weight excluding hydrogens is 306 g/mol. The molecule has 1 fully saturated rings. The van der Waals surface area contributed by atoms with Crippen molar-refractivity contribution in [1.29, 1.82) is 0 Å². The van der Waals surface area contributed by atoms with Gasteiger partial charge in [-0.05, 0) is 51.8 Å². The first kappa shape index (κ1) is 16.6. The summed E-state index contributed by atoms with van der Waals surface area (Å²) in [6.07, 6.45) is 3.26. The molecule has 0 saturated carbocycles. The molecule has 0 bridgehead atoms. The van der Waals surface area contributed by atoms with Gasteiger partial charge in [0.15, 0.2) is 5.76 Å². The molecule has 0 N–H and O–H groups in total. The molecule has 0 aliphatic carbocycles. The molecule has 130 valence electrons. The van der Waals surface area contributed by atoms with Gasteiger partial charge in [-0.25, -0.2) is 4.79 Å². The summed E-state index contributed by atoms with van der Waals surface area (Å²) in [5.74, 6) is 1.17. The lowest BCUT2D eigenvalue weighted by Gasteiger charge is -2.33.